The van der Waals surface area contributed by atoms with Crippen molar-refractivity contribution in [1.29, 1.82) is 0 Å². The fraction of sp³-hybridized carbons (Fsp3) is 0.286. The van der Waals surface area contributed by atoms with Crippen LogP contribution < -0.4 is 10.2 Å². The van der Waals surface area contributed by atoms with E-state index in [4.69, 9.17) is 0 Å². The third-order valence-electron chi connectivity index (χ3n) is 5.08. The summed E-state index contributed by atoms with van der Waals surface area (Å²) in [5.41, 5.74) is 6.05. The van der Waals surface area contributed by atoms with Crippen molar-refractivity contribution in [2.45, 2.75) is 26.0 Å². The van der Waals surface area contributed by atoms with Gasteiger partial charge in [0, 0.05) is 33.3 Å². The van der Waals surface area contributed by atoms with Crippen LogP contribution in [0.1, 0.15) is 22.5 Å². The molecule has 0 spiro atoms. The Labute approximate surface area is 177 Å². The van der Waals surface area contributed by atoms with E-state index in [-0.39, 0.29) is 12.5 Å². The van der Waals surface area contributed by atoms with Crippen molar-refractivity contribution < 1.29 is 9.00 Å². The van der Waals surface area contributed by atoms with Gasteiger partial charge in [0.2, 0.25) is 5.91 Å². The number of hydrogen-bond donors (Lipinski definition) is 1. The molecule has 3 aromatic rings. The SMILES string of the molecule is Cc1nsc(-c2ccc(C)c(NCC(=O)N3CCc4c(C[S+]=O)cccc43)c2)n1. The molecule has 0 aliphatic carbocycles. The average Bonchev–Trinajstić information content (AvgIpc) is 3.34. The third kappa shape index (κ3) is 4.04. The number of fused-ring (bicyclic) bond motifs is 1. The number of hydrogen-bond acceptors (Lipinski definition) is 6. The van der Waals surface area contributed by atoms with Crippen molar-refractivity contribution in [1.82, 2.24) is 9.36 Å². The lowest BCUT2D eigenvalue weighted by Gasteiger charge is -2.19. The number of carbonyl (C=O) groups excluding carboxylic acids is 1. The maximum absolute atomic E-state index is 12.9. The van der Waals surface area contributed by atoms with E-state index in [0.717, 1.165) is 50.9 Å². The van der Waals surface area contributed by atoms with Gasteiger partial charge in [0.1, 0.15) is 10.8 Å². The molecule has 0 unspecified atom stereocenters. The fourth-order valence-electron chi connectivity index (χ4n) is 3.59. The van der Waals surface area contributed by atoms with Crippen LogP contribution in [0.2, 0.25) is 0 Å². The van der Waals surface area contributed by atoms with Crippen LogP contribution in [0.25, 0.3) is 10.6 Å². The normalized spacial score (nSPS) is 12.7. The van der Waals surface area contributed by atoms with Crippen LogP contribution in [-0.2, 0) is 32.8 Å². The number of aromatic nitrogens is 2. The second-order valence-corrected chi connectivity index (χ2v) is 8.28. The average molecular weight is 426 g/mol. The van der Waals surface area contributed by atoms with Crippen LogP contribution in [-0.4, -0.2) is 28.4 Å². The Kier molecular flexibility index (Phi) is 5.64. The molecule has 148 valence electrons. The number of nitrogens with zero attached hydrogens (tertiary/aromatic N) is 3. The molecule has 8 heteroatoms. The van der Waals surface area contributed by atoms with E-state index >= 15 is 0 Å². The van der Waals surface area contributed by atoms with Crippen LogP contribution in [0.3, 0.4) is 0 Å². The molecule has 1 aliphatic rings. The molecule has 1 amide bonds. The number of aryl methyl sites for hydroxylation is 2. The van der Waals surface area contributed by atoms with Gasteiger partial charge in [-0.2, -0.15) is 4.37 Å². The molecule has 6 nitrogen and oxygen atoms in total. The van der Waals surface area contributed by atoms with Crippen molar-refractivity contribution in [2.24, 2.45) is 0 Å². The first-order valence-corrected chi connectivity index (χ1v) is 11.1. The van der Waals surface area contributed by atoms with Gasteiger partial charge in [-0.25, -0.2) is 4.98 Å². The Hall–Kier alpha value is -2.71. The Morgan fingerprint density at radius 3 is 2.90 bits per heavy atom. The van der Waals surface area contributed by atoms with Gasteiger partial charge in [-0.1, -0.05) is 24.3 Å². The number of nitrogens with one attached hydrogen (secondary N) is 1. The van der Waals surface area contributed by atoms with Crippen LogP contribution in [0.15, 0.2) is 36.4 Å². The molecule has 2 aromatic carbocycles. The summed E-state index contributed by atoms with van der Waals surface area (Å²) in [6, 6.07) is 11.9. The second kappa shape index (κ2) is 8.34. The van der Waals surface area contributed by atoms with Crippen molar-refractivity contribution in [3.8, 4) is 10.6 Å². The summed E-state index contributed by atoms with van der Waals surface area (Å²) in [5.74, 6) is 1.21. The van der Waals surface area contributed by atoms with E-state index in [2.05, 4.69) is 14.7 Å². The first-order chi connectivity index (χ1) is 14.1. The molecule has 4 rings (SSSR count). The van der Waals surface area contributed by atoms with Crippen LogP contribution in [0.4, 0.5) is 11.4 Å². The lowest BCUT2D eigenvalue weighted by Crippen LogP contribution is -2.34. The number of amides is 1. The third-order valence-corrected chi connectivity index (χ3v) is 6.37. The topological polar surface area (TPSA) is 75.2 Å². The van der Waals surface area contributed by atoms with E-state index in [9.17, 15) is 9.00 Å². The molecule has 0 atom stereocenters. The molecular weight excluding hydrogens is 404 g/mol. The largest absolute Gasteiger partial charge is 0.463 e. The van der Waals surface area contributed by atoms with Crippen molar-refractivity contribution >= 4 is 40.5 Å². The zero-order valence-corrected chi connectivity index (χ0v) is 17.9. The standard InChI is InChI=1S/C21H21N4O2S2/c1-13-6-7-15(21-23-14(2)24-29-21)10-18(13)22-11-20(26)25-9-8-17-16(12-28-27)4-3-5-19(17)25/h3-7,10,22H,8-9,11-12H2,1-2H3/q+1. The fourth-order valence-corrected chi connectivity index (χ4v) is 4.65. The number of rotatable bonds is 6. The van der Waals surface area contributed by atoms with Gasteiger partial charge in [-0.3, -0.25) is 4.79 Å². The summed E-state index contributed by atoms with van der Waals surface area (Å²) in [4.78, 5) is 19.1. The van der Waals surface area contributed by atoms with E-state index in [1.807, 2.05) is 55.1 Å². The summed E-state index contributed by atoms with van der Waals surface area (Å²) < 4.78 is 15.2. The van der Waals surface area contributed by atoms with Gasteiger partial charge in [-0.05, 0) is 55.1 Å². The highest BCUT2D eigenvalue weighted by atomic mass is 32.1. The van der Waals surface area contributed by atoms with Crippen LogP contribution in [0.5, 0.6) is 0 Å². The predicted molar refractivity (Wildman–Crippen MR) is 118 cm³/mol. The van der Waals surface area contributed by atoms with E-state index < -0.39 is 0 Å². The molecule has 0 saturated carbocycles. The lowest BCUT2D eigenvalue weighted by atomic mass is 10.1. The smallest absolute Gasteiger partial charge is 0.376 e. The van der Waals surface area contributed by atoms with Gasteiger partial charge >= 0.3 is 11.7 Å². The van der Waals surface area contributed by atoms with Crippen LogP contribution in [0, 0.1) is 13.8 Å². The summed E-state index contributed by atoms with van der Waals surface area (Å²) in [6.07, 6.45) is 0.794. The van der Waals surface area contributed by atoms with Gasteiger partial charge in [0.05, 0.1) is 6.54 Å². The second-order valence-electron chi connectivity index (χ2n) is 7.00. The molecule has 2 heterocycles. The van der Waals surface area contributed by atoms with E-state index in [1.54, 1.807) is 0 Å². The van der Waals surface area contributed by atoms with Gasteiger partial charge in [0.25, 0.3) is 5.75 Å². The minimum atomic E-state index is 0.0206. The molecule has 1 aromatic heterocycles. The molecule has 29 heavy (non-hydrogen) atoms. The van der Waals surface area contributed by atoms with Crippen molar-refractivity contribution in [2.75, 3.05) is 23.3 Å². The summed E-state index contributed by atoms with van der Waals surface area (Å²) >= 11 is 1.94. The molecular formula is C21H21N4O2S2+. The Balaban J connectivity index is 1.49. The monoisotopic (exact) mass is 425 g/mol. The molecule has 0 radical (unpaired) electrons. The first kappa shape index (κ1) is 19.6. The lowest BCUT2D eigenvalue weighted by molar-refractivity contribution is -0.116. The molecule has 0 fully saturated rings. The highest BCUT2D eigenvalue weighted by molar-refractivity contribution is 7.64. The highest BCUT2D eigenvalue weighted by Gasteiger charge is 2.27. The minimum Gasteiger partial charge on any atom is -0.376 e. The summed E-state index contributed by atoms with van der Waals surface area (Å²) in [7, 11) is 0. The Bertz CT molecular complexity index is 1080. The molecule has 0 saturated heterocycles. The predicted octanol–water partition coefficient (Wildman–Crippen LogP) is 3.75. The summed E-state index contributed by atoms with van der Waals surface area (Å²) in [5, 5.41) is 4.16. The minimum absolute atomic E-state index is 0.0206. The zero-order chi connectivity index (χ0) is 20.4. The number of benzene rings is 2. The van der Waals surface area contributed by atoms with Gasteiger partial charge in [0.15, 0.2) is 0 Å². The number of anilines is 2. The van der Waals surface area contributed by atoms with Crippen molar-refractivity contribution in [3.05, 3.63) is 58.9 Å². The first-order valence-electron chi connectivity index (χ1n) is 9.38. The van der Waals surface area contributed by atoms with Gasteiger partial charge < -0.3 is 10.2 Å². The van der Waals surface area contributed by atoms with E-state index in [1.165, 1.54) is 11.5 Å². The molecule has 0 bridgehead atoms. The number of carbonyl (C=O) groups is 1. The highest BCUT2D eigenvalue weighted by Crippen LogP contribution is 2.31. The van der Waals surface area contributed by atoms with Crippen molar-refractivity contribution in [3.63, 3.8) is 0 Å². The Morgan fingerprint density at radius 2 is 2.14 bits per heavy atom. The Morgan fingerprint density at radius 1 is 1.28 bits per heavy atom. The van der Waals surface area contributed by atoms with E-state index in [0.29, 0.717) is 24.0 Å². The quantitative estimate of drug-likeness (QED) is 0.609. The molecule has 1 N–H and O–H groups in total. The van der Waals surface area contributed by atoms with Gasteiger partial charge in [-0.15, -0.1) is 0 Å². The maximum atomic E-state index is 12.9. The molecule has 1 aliphatic heterocycles. The maximum Gasteiger partial charge on any atom is 0.463 e. The zero-order valence-electron chi connectivity index (χ0n) is 16.3. The summed E-state index contributed by atoms with van der Waals surface area (Å²) in [6.45, 7) is 4.75. The van der Waals surface area contributed by atoms with Crippen LogP contribution >= 0.6 is 11.5 Å².